The Morgan fingerprint density at radius 3 is 2.67 bits per heavy atom. The van der Waals surface area contributed by atoms with Gasteiger partial charge in [-0.25, -0.2) is 14.4 Å². The van der Waals surface area contributed by atoms with Crippen molar-refractivity contribution in [2.45, 2.75) is 44.1 Å². The van der Waals surface area contributed by atoms with Crippen molar-refractivity contribution < 1.29 is 27.1 Å². The van der Waals surface area contributed by atoms with Crippen LogP contribution < -0.4 is 10.1 Å². The lowest BCUT2D eigenvalue weighted by molar-refractivity contribution is -0.274. The van der Waals surface area contributed by atoms with Crippen LogP contribution >= 0.6 is 0 Å². The number of nitrogens with zero attached hydrogens (tertiary/aromatic N) is 3. The Balaban J connectivity index is 1.65. The van der Waals surface area contributed by atoms with Crippen LogP contribution in [0.1, 0.15) is 36.8 Å². The molecule has 2 saturated heterocycles. The fourth-order valence-corrected chi connectivity index (χ4v) is 4.14. The van der Waals surface area contributed by atoms with Crippen LogP contribution in [0, 0.1) is 12.7 Å². The Bertz CT molecular complexity index is 997. The van der Waals surface area contributed by atoms with Crippen LogP contribution in [0.3, 0.4) is 0 Å². The highest BCUT2D eigenvalue weighted by Crippen LogP contribution is 2.39. The standard InChI is InChI=1S/C20H20F4N4O2/c1-11-9-16(13-10-12(3-4-14(13)21)30-20(22,23)24)26-17(25-11)15-5-6-19(27-15)7-8-28(2)18(19)29/h3-4,9-10,15,27H,5-8H2,1-2H3/t15-,19+/m0/s1. The van der Waals surface area contributed by atoms with Gasteiger partial charge in [0.2, 0.25) is 5.91 Å². The normalized spacial score (nSPS) is 24.1. The van der Waals surface area contributed by atoms with Gasteiger partial charge in [-0.3, -0.25) is 10.1 Å². The first-order chi connectivity index (χ1) is 14.1. The minimum absolute atomic E-state index is 0.0286. The average Bonchev–Trinajstić information content (AvgIpc) is 3.22. The van der Waals surface area contributed by atoms with Crippen molar-refractivity contribution in [3.63, 3.8) is 0 Å². The van der Waals surface area contributed by atoms with E-state index in [1.54, 1.807) is 18.9 Å². The van der Waals surface area contributed by atoms with Crippen molar-refractivity contribution in [2.24, 2.45) is 0 Å². The number of carbonyl (C=O) groups excluding carboxylic acids is 1. The number of hydrogen-bond acceptors (Lipinski definition) is 5. The molecule has 1 aromatic carbocycles. The number of benzene rings is 1. The molecule has 1 aromatic heterocycles. The summed E-state index contributed by atoms with van der Waals surface area (Å²) in [6.45, 7) is 2.36. The van der Waals surface area contributed by atoms with Crippen LogP contribution in [0.15, 0.2) is 24.3 Å². The highest BCUT2D eigenvalue weighted by atomic mass is 19.4. The zero-order chi connectivity index (χ0) is 21.7. The molecule has 30 heavy (non-hydrogen) atoms. The van der Waals surface area contributed by atoms with Crippen molar-refractivity contribution in [2.75, 3.05) is 13.6 Å². The first kappa shape index (κ1) is 20.5. The summed E-state index contributed by atoms with van der Waals surface area (Å²) in [6.07, 6.45) is -2.94. The molecular formula is C20H20F4N4O2. The van der Waals surface area contributed by atoms with Gasteiger partial charge in [0.25, 0.3) is 0 Å². The van der Waals surface area contributed by atoms with E-state index >= 15 is 0 Å². The maximum absolute atomic E-state index is 14.4. The zero-order valence-electron chi connectivity index (χ0n) is 16.4. The lowest BCUT2D eigenvalue weighted by atomic mass is 9.96. The lowest BCUT2D eigenvalue weighted by Crippen LogP contribution is -2.47. The maximum Gasteiger partial charge on any atom is 0.573 e. The van der Waals surface area contributed by atoms with E-state index in [1.165, 1.54) is 6.07 Å². The number of rotatable bonds is 3. The molecule has 0 radical (unpaired) electrons. The number of carbonyl (C=O) groups is 1. The van der Waals surface area contributed by atoms with E-state index in [4.69, 9.17) is 0 Å². The second-order valence-corrected chi connectivity index (χ2v) is 7.74. The monoisotopic (exact) mass is 424 g/mol. The molecular weight excluding hydrogens is 404 g/mol. The Morgan fingerprint density at radius 2 is 2.00 bits per heavy atom. The second kappa shape index (κ2) is 7.19. The molecule has 3 heterocycles. The molecule has 10 heteroatoms. The Kier molecular flexibility index (Phi) is 4.92. The molecule has 2 aliphatic heterocycles. The number of alkyl halides is 3. The largest absolute Gasteiger partial charge is 0.573 e. The first-order valence-corrected chi connectivity index (χ1v) is 9.51. The summed E-state index contributed by atoms with van der Waals surface area (Å²) in [5.41, 5.74) is -0.0689. The lowest BCUT2D eigenvalue weighted by Gasteiger charge is -2.23. The van der Waals surface area contributed by atoms with Crippen molar-refractivity contribution in [3.8, 4) is 17.0 Å². The van der Waals surface area contributed by atoms with Crippen LogP contribution in [-0.2, 0) is 4.79 Å². The quantitative estimate of drug-likeness (QED) is 0.764. The van der Waals surface area contributed by atoms with Crippen LogP contribution in [0.4, 0.5) is 17.6 Å². The van der Waals surface area contributed by atoms with Crippen molar-refractivity contribution in [1.82, 2.24) is 20.2 Å². The van der Waals surface area contributed by atoms with E-state index in [-0.39, 0.29) is 23.2 Å². The predicted octanol–water partition coefficient (Wildman–Crippen LogP) is 3.52. The number of nitrogens with one attached hydrogen (secondary N) is 1. The minimum atomic E-state index is -4.88. The van der Waals surface area contributed by atoms with E-state index in [1.807, 2.05) is 0 Å². The number of aryl methyl sites for hydroxylation is 1. The molecule has 0 aliphatic carbocycles. The fourth-order valence-electron chi connectivity index (χ4n) is 4.14. The molecule has 2 atom stereocenters. The molecule has 160 valence electrons. The number of amides is 1. The van der Waals surface area contributed by atoms with Gasteiger partial charge in [0.1, 0.15) is 22.9 Å². The van der Waals surface area contributed by atoms with Gasteiger partial charge in [-0.15, -0.1) is 13.2 Å². The molecule has 2 aromatic rings. The Hall–Kier alpha value is -2.75. The highest BCUT2D eigenvalue weighted by molar-refractivity contribution is 5.88. The first-order valence-electron chi connectivity index (χ1n) is 9.51. The van der Waals surface area contributed by atoms with Gasteiger partial charge in [0.05, 0.1) is 11.7 Å². The molecule has 1 spiro atoms. The maximum atomic E-state index is 14.4. The number of likely N-dealkylation sites (N-methyl/N-ethyl adjacent to an activating group) is 1. The van der Waals surface area contributed by atoms with Gasteiger partial charge >= 0.3 is 6.36 Å². The third-order valence-corrected chi connectivity index (χ3v) is 5.57. The molecule has 0 unspecified atom stereocenters. The Morgan fingerprint density at radius 1 is 1.23 bits per heavy atom. The highest BCUT2D eigenvalue weighted by Gasteiger charge is 2.50. The molecule has 2 fully saturated rings. The minimum Gasteiger partial charge on any atom is -0.406 e. The van der Waals surface area contributed by atoms with E-state index in [9.17, 15) is 22.4 Å². The summed E-state index contributed by atoms with van der Waals surface area (Å²) < 4.78 is 55.9. The van der Waals surface area contributed by atoms with Gasteiger partial charge in [-0.1, -0.05) is 0 Å². The third-order valence-electron chi connectivity index (χ3n) is 5.57. The number of aromatic nitrogens is 2. The SMILES string of the molecule is Cc1cc(-c2cc(OC(F)(F)F)ccc2F)nc([C@@H]2CC[C@]3(CCN(C)C3=O)N2)n1. The van der Waals surface area contributed by atoms with Crippen LogP contribution in [0.2, 0.25) is 0 Å². The van der Waals surface area contributed by atoms with Gasteiger partial charge in [-0.05, 0) is 50.5 Å². The van der Waals surface area contributed by atoms with E-state index < -0.39 is 23.5 Å². The average molecular weight is 424 g/mol. The molecule has 2 aliphatic rings. The number of ether oxygens (including phenoxy) is 1. The summed E-state index contributed by atoms with van der Waals surface area (Å²) in [5.74, 6) is -0.849. The summed E-state index contributed by atoms with van der Waals surface area (Å²) in [7, 11) is 1.76. The van der Waals surface area contributed by atoms with Crippen LogP contribution in [-0.4, -0.2) is 46.3 Å². The van der Waals surface area contributed by atoms with Crippen molar-refractivity contribution in [3.05, 3.63) is 41.6 Å². The fraction of sp³-hybridized carbons (Fsp3) is 0.450. The van der Waals surface area contributed by atoms with Crippen molar-refractivity contribution in [1.29, 1.82) is 0 Å². The van der Waals surface area contributed by atoms with Gasteiger partial charge < -0.3 is 9.64 Å². The van der Waals surface area contributed by atoms with Gasteiger partial charge in [0.15, 0.2) is 0 Å². The molecule has 6 nitrogen and oxygen atoms in total. The Labute approximate surface area is 170 Å². The van der Waals surface area contributed by atoms with E-state index in [0.29, 0.717) is 37.3 Å². The van der Waals surface area contributed by atoms with Crippen LogP contribution in [0.25, 0.3) is 11.3 Å². The smallest absolute Gasteiger partial charge is 0.406 e. The van der Waals surface area contributed by atoms with E-state index in [2.05, 4.69) is 20.0 Å². The number of hydrogen-bond donors (Lipinski definition) is 1. The zero-order valence-corrected chi connectivity index (χ0v) is 16.4. The number of halogens is 4. The molecule has 1 N–H and O–H groups in total. The summed E-state index contributed by atoms with van der Waals surface area (Å²) in [5, 5.41) is 3.34. The molecule has 0 bridgehead atoms. The second-order valence-electron chi connectivity index (χ2n) is 7.74. The third kappa shape index (κ3) is 3.83. The summed E-state index contributed by atoms with van der Waals surface area (Å²) >= 11 is 0. The predicted molar refractivity (Wildman–Crippen MR) is 98.9 cm³/mol. The van der Waals surface area contributed by atoms with Crippen molar-refractivity contribution >= 4 is 5.91 Å². The summed E-state index contributed by atoms with van der Waals surface area (Å²) in [4.78, 5) is 23.0. The van der Waals surface area contributed by atoms with Gasteiger partial charge in [-0.2, -0.15) is 0 Å². The molecule has 4 rings (SSSR count). The number of likely N-dealkylation sites (tertiary alicyclic amines) is 1. The molecule has 1 amide bonds. The summed E-state index contributed by atoms with van der Waals surface area (Å²) in [6, 6.07) is 3.97. The topological polar surface area (TPSA) is 67.3 Å². The van der Waals surface area contributed by atoms with E-state index in [0.717, 1.165) is 18.2 Å². The van der Waals surface area contributed by atoms with Gasteiger partial charge in [0, 0.05) is 24.8 Å². The molecule has 0 saturated carbocycles. The van der Waals surface area contributed by atoms with Crippen LogP contribution in [0.5, 0.6) is 5.75 Å².